The summed E-state index contributed by atoms with van der Waals surface area (Å²) in [6.45, 7) is 0. The molecule has 3 aromatic carbocycles. The van der Waals surface area contributed by atoms with Crippen LogP contribution in [0.1, 0.15) is 33.1 Å². The molecular formula is C21H16F3NO. The molecule has 0 aromatic heterocycles. The molecule has 3 aromatic rings. The van der Waals surface area contributed by atoms with Gasteiger partial charge < -0.3 is 5.32 Å². The van der Waals surface area contributed by atoms with E-state index in [2.05, 4.69) is 5.32 Å². The fourth-order valence-electron chi connectivity index (χ4n) is 2.79. The van der Waals surface area contributed by atoms with Crippen molar-refractivity contribution in [3.05, 3.63) is 107 Å². The van der Waals surface area contributed by atoms with Crippen molar-refractivity contribution < 1.29 is 18.0 Å². The lowest BCUT2D eigenvalue weighted by Gasteiger charge is -2.21. The van der Waals surface area contributed by atoms with E-state index in [1.54, 1.807) is 0 Å². The first-order chi connectivity index (χ1) is 12.5. The largest absolute Gasteiger partial charge is 0.417 e. The molecule has 0 aliphatic heterocycles. The predicted molar refractivity (Wildman–Crippen MR) is 93.6 cm³/mol. The van der Waals surface area contributed by atoms with Gasteiger partial charge in [-0.3, -0.25) is 4.79 Å². The molecule has 132 valence electrons. The summed E-state index contributed by atoms with van der Waals surface area (Å²) in [4.78, 5) is 12.7. The molecular weight excluding hydrogens is 339 g/mol. The number of hydrogen-bond donors (Lipinski definition) is 1. The number of benzene rings is 3. The van der Waals surface area contributed by atoms with E-state index in [4.69, 9.17) is 0 Å². The molecule has 0 heterocycles. The standard InChI is InChI=1S/C21H16F3NO/c22-21(23,24)18-14-8-7-13-17(18)20(26)25-19(15-9-3-1-4-10-15)16-11-5-2-6-12-16/h1-14,19H,(H,25,26). The molecule has 3 rings (SSSR count). The van der Waals surface area contributed by atoms with Crippen LogP contribution in [0.15, 0.2) is 84.9 Å². The molecule has 0 saturated heterocycles. The summed E-state index contributed by atoms with van der Waals surface area (Å²) < 4.78 is 39.6. The molecule has 0 fully saturated rings. The van der Waals surface area contributed by atoms with E-state index in [9.17, 15) is 18.0 Å². The summed E-state index contributed by atoms with van der Waals surface area (Å²) >= 11 is 0. The first-order valence-corrected chi connectivity index (χ1v) is 8.04. The van der Waals surface area contributed by atoms with Gasteiger partial charge in [-0.1, -0.05) is 72.8 Å². The van der Waals surface area contributed by atoms with E-state index in [-0.39, 0.29) is 0 Å². The van der Waals surface area contributed by atoms with Crippen LogP contribution in [0.2, 0.25) is 0 Å². The number of carbonyl (C=O) groups is 1. The number of hydrogen-bond acceptors (Lipinski definition) is 1. The minimum Gasteiger partial charge on any atom is -0.341 e. The summed E-state index contributed by atoms with van der Waals surface area (Å²) in [6, 6.07) is 22.5. The first-order valence-electron chi connectivity index (χ1n) is 8.04. The number of rotatable bonds is 4. The van der Waals surface area contributed by atoms with Crippen LogP contribution >= 0.6 is 0 Å². The van der Waals surface area contributed by atoms with Gasteiger partial charge in [-0.15, -0.1) is 0 Å². The Kier molecular flexibility index (Phi) is 5.07. The van der Waals surface area contributed by atoms with Gasteiger partial charge in [-0.05, 0) is 23.3 Å². The Balaban J connectivity index is 1.97. The topological polar surface area (TPSA) is 29.1 Å². The number of halogens is 3. The number of carbonyl (C=O) groups excluding carboxylic acids is 1. The van der Waals surface area contributed by atoms with Crippen LogP contribution < -0.4 is 5.32 Å². The molecule has 0 unspecified atom stereocenters. The molecule has 26 heavy (non-hydrogen) atoms. The van der Waals surface area contributed by atoms with Crippen LogP contribution in [0.4, 0.5) is 13.2 Å². The fourth-order valence-corrected chi connectivity index (χ4v) is 2.79. The maximum atomic E-state index is 13.2. The quantitative estimate of drug-likeness (QED) is 0.683. The van der Waals surface area contributed by atoms with Crippen LogP contribution in [0.3, 0.4) is 0 Å². The van der Waals surface area contributed by atoms with Crippen molar-refractivity contribution in [1.29, 1.82) is 0 Å². The Morgan fingerprint density at radius 2 is 1.19 bits per heavy atom. The zero-order chi connectivity index (χ0) is 18.6. The minimum atomic E-state index is -4.59. The van der Waals surface area contributed by atoms with E-state index in [1.165, 1.54) is 18.2 Å². The van der Waals surface area contributed by atoms with Gasteiger partial charge in [0.2, 0.25) is 0 Å². The minimum absolute atomic E-state index is 0.392. The maximum absolute atomic E-state index is 13.2. The molecule has 0 saturated carbocycles. The molecule has 0 atom stereocenters. The number of alkyl halides is 3. The highest BCUT2D eigenvalue weighted by Gasteiger charge is 2.35. The molecule has 5 heteroatoms. The lowest BCUT2D eigenvalue weighted by atomic mass is 9.97. The molecule has 0 aliphatic carbocycles. The molecule has 2 nitrogen and oxygen atoms in total. The normalized spacial score (nSPS) is 11.4. The fraction of sp³-hybridized carbons (Fsp3) is 0.0952. The van der Waals surface area contributed by atoms with E-state index >= 15 is 0 Å². The SMILES string of the molecule is O=C(NC(c1ccccc1)c1ccccc1)c1ccccc1C(F)(F)F. The Morgan fingerprint density at radius 3 is 1.69 bits per heavy atom. The molecule has 0 aliphatic rings. The summed E-state index contributed by atoms with van der Waals surface area (Å²) in [5.74, 6) is -0.768. The van der Waals surface area contributed by atoms with Gasteiger partial charge in [0.1, 0.15) is 0 Å². The van der Waals surface area contributed by atoms with Crippen LogP contribution in [-0.4, -0.2) is 5.91 Å². The third kappa shape index (κ3) is 3.94. The number of nitrogens with one attached hydrogen (secondary N) is 1. The zero-order valence-corrected chi connectivity index (χ0v) is 13.7. The average Bonchev–Trinajstić information content (AvgIpc) is 2.66. The van der Waals surface area contributed by atoms with Crippen molar-refractivity contribution >= 4 is 5.91 Å². The van der Waals surface area contributed by atoms with Gasteiger partial charge in [0.25, 0.3) is 5.91 Å². The van der Waals surface area contributed by atoms with Gasteiger partial charge in [0.15, 0.2) is 0 Å². The van der Waals surface area contributed by atoms with E-state index in [0.717, 1.165) is 17.2 Å². The molecule has 1 amide bonds. The molecule has 0 radical (unpaired) electrons. The lowest BCUT2D eigenvalue weighted by molar-refractivity contribution is -0.137. The van der Waals surface area contributed by atoms with Crippen LogP contribution in [0.5, 0.6) is 0 Å². The van der Waals surface area contributed by atoms with Gasteiger partial charge in [-0.25, -0.2) is 0 Å². The van der Waals surface area contributed by atoms with Crippen LogP contribution in [0, 0.1) is 0 Å². The van der Waals surface area contributed by atoms with Crippen molar-refractivity contribution in [2.45, 2.75) is 12.2 Å². The molecule has 1 N–H and O–H groups in total. The van der Waals surface area contributed by atoms with Crippen molar-refractivity contribution in [2.75, 3.05) is 0 Å². The van der Waals surface area contributed by atoms with E-state index in [1.807, 2.05) is 60.7 Å². The lowest BCUT2D eigenvalue weighted by Crippen LogP contribution is -2.31. The molecule has 0 spiro atoms. The second-order valence-corrected chi connectivity index (χ2v) is 5.77. The smallest absolute Gasteiger partial charge is 0.341 e. The Labute approximate surface area is 149 Å². The van der Waals surface area contributed by atoms with Gasteiger partial charge in [0.05, 0.1) is 17.2 Å². The maximum Gasteiger partial charge on any atom is 0.417 e. The zero-order valence-electron chi connectivity index (χ0n) is 13.7. The summed E-state index contributed by atoms with van der Waals surface area (Å²) in [5, 5.41) is 2.74. The van der Waals surface area contributed by atoms with E-state index < -0.39 is 29.3 Å². The van der Waals surface area contributed by atoms with Crippen molar-refractivity contribution in [2.24, 2.45) is 0 Å². The Bertz CT molecular complexity index is 837. The average molecular weight is 355 g/mol. The summed E-state index contributed by atoms with van der Waals surface area (Å²) in [5.41, 5.74) is 0.238. The second kappa shape index (κ2) is 7.44. The van der Waals surface area contributed by atoms with E-state index in [0.29, 0.717) is 0 Å². The monoisotopic (exact) mass is 355 g/mol. The first kappa shape index (κ1) is 17.7. The van der Waals surface area contributed by atoms with Crippen molar-refractivity contribution in [3.63, 3.8) is 0 Å². The van der Waals surface area contributed by atoms with Gasteiger partial charge in [-0.2, -0.15) is 13.2 Å². The van der Waals surface area contributed by atoms with Gasteiger partial charge in [0, 0.05) is 0 Å². The second-order valence-electron chi connectivity index (χ2n) is 5.77. The van der Waals surface area contributed by atoms with Crippen LogP contribution in [0.25, 0.3) is 0 Å². The van der Waals surface area contributed by atoms with Crippen molar-refractivity contribution in [1.82, 2.24) is 5.32 Å². The predicted octanol–water partition coefficient (Wildman–Crippen LogP) is 5.22. The van der Waals surface area contributed by atoms with Crippen molar-refractivity contribution in [3.8, 4) is 0 Å². The number of amides is 1. The van der Waals surface area contributed by atoms with Crippen LogP contribution in [-0.2, 0) is 6.18 Å². The Hall–Kier alpha value is -3.08. The van der Waals surface area contributed by atoms with Gasteiger partial charge >= 0.3 is 6.18 Å². The highest BCUT2D eigenvalue weighted by molar-refractivity contribution is 5.96. The third-order valence-electron chi connectivity index (χ3n) is 4.02. The molecule has 0 bridgehead atoms. The summed E-state index contributed by atoms with van der Waals surface area (Å²) in [7, 11) is 0. The highest BCUT2D eigenvalue weighted by atomic mass is 19.4. The Morgan fingerprint density at radius 1 is 0.731 bits per heavy atom. The third-order valence-corrected chi connectivity index (χ3v) is 4.02. The summed E-state index contributed by atoms with van der Waals surface area (Å²) in [6.07, 6.45) is -4.59. The highest BCUT2D eigenvalue weighted by Crippen LogP contribution is 2.32.